The summed E-state index contributed by atoms with van der Waals surface area (Å²) in [6.45, 7) is 3.59. The number of aliphatic hydroxyl groups is 1. The topological polar surface area (TPSA) is 38.0 Å². The standard InChI is InChI=1S/C13H15FN2O/c1-3-12-15-7-8-16(12)13-10(9(2)17)5-4-6-11(13)14/h4-9,17H,3H2,1-2H3. The van der Waals surface area contributed by atoms with Crippen molar-refractivity contribution in [3.63, 3.8) is 0 Å². The van der Waals surface area contributed by atoms with Gasteiger partial charge in [0.05, 0.1) is 11.8 Å². The molecule has 1 heterocycles. The van der Waals surface area contributed by atoms with E-state index in [-0.39, 0.29) is 5.82 Å². The first-order valence-corrected chi connectivity index (χ1v) is 5.64. The van der Waals surface area contributed by atoms with E-state index in [2.05, 4.69) is 4.98 Å². The van der Waals surface area contributed by atoms with Crippen molar-refractivity contribution < 1.29 is 9.50 Å². The molecule has 0 fully saturated rings. The molecule has 0 spiro atoms. The van der Waals surface area contributed by atoms with Crippen LogP contribution in [0.15, 0.2) is 30.6 Å². The van der Waals surface area contributed by atoms with Gasteiger partial charge in [-0.05, 0) is 13.0 Å². The fourth-order valence-corrected chi connectivity index (χ4v) is 1.92. The number of aryl methyl sites for hydroxylation is 1. The van der Waals surface area contributed by atoms with Gasteiger partial charge in [0.25, 0.3) is 0 Å². The SMILES string of the molecule is CCc1nccn1-c1c(F)cccc1C(C)O. The van der Waals surface area contributed by atoms with Gasteiger partial charge in [-0.15, -0.1) is 0 Å². The number of hydrogen-bond acceptors (Lipinski definition) is 2. The highest BCUT2D eigenvalue weighted by molar-refractivity contribution is 5.44. The molecule has 2 aromatic rings. The van der Waals surface area contributed by atoms with Gasteiger partial charge in [0.1, 0.15) is 11.6 Å². The van der Waals surface area contributed by atoms with Crippen LogP contribution in [0.5, 0.6) is 0 Å². The van der Waals surface area contributed by atoms with Gasteiger partial charge in [-0.2, -0.15) is 0 Å². The van der Waals surface area contributed by atoms with E-state index in [9.17, 15) is 9.50 Å². The van der Waals surface area contributed by atoms with Gasteiger partial charge in [-0.25, -0.2) is 9.37 Å². The highest BCUT2D eigenvalue weighted by atomic mass is 19.1. The van der Waals surface area contributed by atoms with Crippen LogP contribution in [0.4, 0.5) is 4.39 Å². The average Bonchev–Trinajstić information content (AvgIpc) is 2.76. The minimum absolute atomic E-state index is 0.351. The van der Waals surface area contributed by atoms with Crippen molar-refractivity contribution in [3.8, 4) is 5.69 Å². The fourth-order valence-electron chi connectivity index (χ4n) is 1.92. The summed E-state index contributed by atoms with van der Waals surface area (Å²) < 4.78 is 15.6. The summed E-state index contributed by atoms with van der Waals surface area (Å²) in [5.74, 6) is 0.424. The molecular formula is C13H15FN2O. The summed E-state index contributed by atoms with van der Waals surface area (Å²) in [6.07, 6.45) is 3.34. The minimum atomic E-state index is -0.715. The molecular weight excluding hydrogens is 219 g/mol. The number of imidazole rings is 1. The third kappa shape index (κ3) is 2.08. The Morgan fingerprint density at radius 3 is 2.88 bits per heavy atom. The van der Waals surface area contributed by atoms with E-state index < -0.39 is 6.10 Å². The number of hydrogen-bond donors (Lipinski definition) is 1. The molecule has 1 aromatic heterocycles. The second-order valence-corrected chi connectivity index (χ2v) is 3.92. The number of nitrogens with zero attached hydrogens (tertiary/aromatic N) is 2. The number of aliphatic hydroxyl groups excluding tert-OH is 1. The molecule has 0 saturated heterocycles. The van der Waals surface area contributed by atoms with Crippen molar-refractivity contribution in [1.82, 2.24) is 9.55 Å². The summed E-state index contributed by atoms with van der Waals surface area (Å²) in [5.41, 5.74) is 0.953. The zero-order valence-corrected chi connectivity index (χ0v) is 9.89. The van der Waals surface area contributed by atoms with Crippen molar-refractivity contribution in [2.24, 2.45) is 0 Å². The van der Waals surface area contributed by atoms with E-state index in [0.29, 0.717) is 17.7 Å². The van der Waals surface area contributed by atoms with Crippen molar-refractivity contribution in [2.75, 3.05) is 0 Å². The highest BCUT2D eigenvalue weighted by Gasteiger charge is 2.15. The second-order valence-electron chi connectivity index (χ2n) is 3.92. The zero-order valence-electron chi connectivity index (χ0n) is 9.89. The Morgan fingerprint density at radius 1 is 1.47 bits per heavy atom. The van der Waals surface area contributed by atoms with Crippen LogP contribution in [-0.4, -0.2) is 14.7 Å². The van der Waals surface area contributed by atoms with E-state index in [4.69, 9.17) is 0 Å². The van der Waals surface area contributed by atoms with Crippen LogP contribution in [-0.2, 0) is 6.42 Å². The first kappa shape index (κ1) is 11.8. The Labute approximate surface area is 99.5 Å². The lowest BCUT2D eigenvalue weighted by atomic mass is 10.1. The van der Waals surface area contributed by atoms with Gasteiger partial charge in [0.2, 0.25) is 0 Å². The number of benzene rings is 1. The molecule has 1 N–H and O–H groups in total. The lowest BCUT2D eigenvalue weighted by Crippen LogP contribution is -2.07. The van der Waals surface area contributed by atoms with Crippen LogP contribution >= 0.6 is 0 Å². The van der Waals surface area contributed by atoms with Gasteiger partial charge >= 0.3 is 0 Å². The summed E-state index contributed by atoms with van der Waals surface area (Å²) >= 11 is 0. The third-order valence-corrected chi connectivity index (χ3v) is 2.74. The minimum Gasteiger partial charge on any atom is -0.389 e. The first-order valence-electron chi connectivity index (χ1n) is 5.64. The highest BCUT2D eigenvalue weighted by Crippen LogP contribution is 2.25. The summed E-state index contributed by atoms with van der Waals surface area (Å²) in [6, 6.07) is 4.71. The van der Waals surface area contributed by atoms with Crippen molar-refractivity contribution in [2.45, 2.75) is 26.4 Å². The molecule has 0 radical (unpaired) electrons. The van der Waals surface area contributed by atoms with Crippen molar-refractivity contribution in [3.05, 3.63) is 47.8 Å². The Morgan fingerprint density at radius 2 is 2.24 bits per heavy atom. The number of aromatic nitrogens is 2. The molecule has 1 unspecified atom stereocenters. The largest absolute Gasteiger partial charge is 0.389 e. The molecule has 90 valence electrons. The van der Waals surface area contributed by atoms with Crippen LogP contribution < -0.4 is 0 Å². The number of para-hydroxylation sites is 1. The van der Waals surface area contributed by atoms with E-state index in [1.807, 2.05) is 6.92 Å². The molecule has 17 heavy (non-hydrogen) atoms. The predicted molar refractivity (Wildman–Crippen MR) is 63.5 cm³/mol. The molecule has 0 aliphatic carbocycles. The van der Waals surface area contributed by atoms with Gasteiger partial charge in [0, 0.05) is 24.4 Å². The lowest BCUT2D eigenvalue weighted by molar-refractivity contribution is 0.198. The van der Waals surface area contributed by atoms with E-state index in [1.54, 1.807) is 36.0 Å². The normalized spacial score (nSPS) is 12.7. The molecule has 0 bridgehead atoms. The molecule has 0 saturated carbocycles. The Balaban J connectivity index is 2.65. The third-order valence-electron chi connectivity index (χ3n) is 2.74. The average molecular weight is 234 g/mol. The van der Waals surface area contributed by atoms with E-state index in [1.165, 1.54) is 6.07 Å². The Hall–Kier alpha value is -1.68. The maximum Gasteiger partial charge on any atom is 0.147 e. The molecule has 3 nitrogen and oxygen atoms in total. The number of halogens is 1. The fraction of sp³-hybridized carbons (Fsp3) is 0.308. The quantitative estimate of drug-likeness (QED) is 0.886. The van der Waals surface area contributed by atoms with E-state index >= 15 is 0 Å². The molecule has 0 aliphatic rings. The molecule has 4 heteroatoms. The van der Waals surface area contributed by atoms with Crippen molar-refractivity contribution in [1.29, 1.82) is 0 Å². The molecule has 0 aliphatic heterocycles. The van der Waals surface area contributed by atoms with Gasteiger partial charge in [0.15, 0.2) is 0 Å². The number of rotatable bonds is 3. The summed E-state index contributed by atoms with van der Waals surface area (Å²) in [4.78, 5) is 4.17. The monoisotopic (exact) mass is 234 g/mol. The van der Waals surface area contributed by atoms with Gasteiger partial charge in [-0.3, -0.25) is 0 Å². The van der Waals surface area contributed by atoms with Crippen LogP contribution in [0.25, 0.3) is 5.69 Å². The Kier molecular flexibility index (Phi) is 3.24. The van der Waals surface area contributed by atoms with E-state index in [0.717, 1.165) is 5.82 Å². The zero-order chi connectivity index (χ0) is 12.4. The molecule has 1 aromatic carbocycles. The van der Waals surface area contributed by atoms with Crippen molar-refractivity contribution >= 4 is 0 Å². The maximum absolute atomic E-state index is 13.9. The second kappa shape index (κ2) is 4.67. The Bertz CT molecular complexity index is 520. The summed E-state index contributed by atoms with van der Waals surface area (Å²) in [5, 5.41) is 9.69. The molecule has 0 amide bonds. The predicted octanol–water partition coefficient (Wildman–Crippen LogP) is 2.63. The molecule has 2 rings (SSSR count). The summed E-state index contributed by atoms with van der Waals surface area (Å²) in [7, 11) is 0. The first-order chi connectivity index (χ1) is 8.15. The van der Waals surface area contributed by atoms with Gasteiger partial charge < -0.3 is 9.67 Å². The van der Waals surface area contributed by atoms with Gasteiger partial charge in [-0.1, -0.05) is 19.1 Å². The van der Waals surface area contributed by atoms with Crippen LogP contribution in [0.2, 0.25) is 0 Å². The maximum atomic E-state index is 13.9. The lowest BCUT2D eigenvalue weighted by Gasteiger charge is -2.15. The smallest absolute Gasteiger partial charge is 0.147 e. The van der Waals surface area contributed by atoms with Crippen LogP contribution in [0.1, 0.15) is 31.3 Å². The van der Waals surface area contributed by atoms with Crippen LogP contribution in [0, 0.1) is 5.82 Å². The van der Waals surface area contributed by atoms with Crippen LogP contribution in [0.3, 0.4) is 0 Å². The molecule has 1 atom stereocenters.